The molecule has 6 nitrogen and oxygen atoms in total. The van der Waals surface area contributed by atoms with E-state index in [0.29, 0.717) is 23.6 Å². The Morgan fingerprint density at radius 3 is 2.72 bits per heavy atom. The molecule has 0 radical (unpaired) electrons. The largest absolute Gasteiger partial charge is 0.350 e. The van der Waals surface area contributed by atoms with Gasteiger partial charge in [0.2, 0.25) is 0 Å². The maximum atomic E-state index is 12.6. The minimum absolute atomic E-state index is 0.0695. The van der Waals surface area contributed by atoms with Gasteiger partial charge in [0, 0.05) is 48.5 Å². The average Bonchev–Trinajstić information content (AvgIpc) is 3.24. The number of aromatic nitrogens is 2. The first-order chi connectivity index (χ1) is 14.1. The van der Waals surface area contributed by atoms with Crippen molar-refractivity contribution in [2.45, 2.75) is 19.3 Å². The van der Waals surface area contributed by atoms with Gasteiger partial charge in [0.1, 0.15) is 5.69 Å². The van der Waals surface area contributed by atoms with Crippen LogP contribution in [0, 0.1) is 11.3 Å². The van der Waals surface area contributed by atoms with Crippen LogP contribution in [0.1, 0.15) is 40.1 Å². The van der Waals surface area contributed by atoms with Crippen molar-refractivity contribution in [2.24, 2.45) is 11.3 Å². The third-order valence-electron chi connectivity index (χ3n) is 6.60. The molecule has 148 valence electrons. The Bertz CT molecular complexity index is 1020. The van der Waals surface area contributed by atoms with Crippen LogP contribution in [-0.2, 0) is 0 Å². The third-order valence-corrected chi connectivity index (χ3v) is 6.60. The summed E-state index contributed by atoms with van der Waals surface area (Å²) in [4.78, 5) is 34.3. The zero-order chi connectivity index (χ0) is 19.8. The number of carbonyl (C=O) groups excluding carboxylic acids is 2. The number of pyridine rings is 1. The number of fused-ring (bicyclic) bond motifs is 1. The zero-order valence-corrected chi connectivity index (χ0v) is 16.2. The SMILES string of the molecule is O=C(NC[C@@H]1CC12CCN(C(=O)c1ccccc1)CC2)c1cc2cnccc2[nH]1. The van der Waals surface area contributed by atoms with Crippen molar-refractivity contribution in [3.8, 4) is 0 Å². The van der Waals surface area contributed by atoms with Gasteiger partial charge >= 0.3 is 0 Å². The first-order valence-electron chi connectivity index (χ1n) is 10.2. The van der Waals surface area contributed by atoms with E-state index in [1.807, 2.05) is 47.4 Å². The number of hydrogen-bond acceptors (Lipinski definition) is 3. The molecule has 2 amide bonds. The Balaban J connectivity index is 1.14. The van der Waals surface area contributed by atoms with E-state index >= 15 is 0 Å². The van der Waals surface area contributed by atoms with Gasteiger partial charge in [-0.1, -0.05) is 18.2 Å². The van der Waals surface area contributed by atoms with Crippen molar-refractivity contribution in [1.29, 1.82) is 0 Å². The predicted molar refractivity (Wildman–Crippen MR) is 111 cm³/mol. The molecule has 1 aliphatic heterocycles. The Morgan fingerprint density at radius 1 is 1.17 bits per heavy atom. The van der Waals surface area contributed by atoms with Crippen molar-refractivity contribution in [2.75, 3.05) is 19.6 Å². The zero-order valence-electron chi connectivity index (χ0n) is 16.2. The number of nitrogens with one attached hydrogen (secondary N) is 2. The first-order valence-corrected chi connectivity index (χ1v) is 10.2. The Kier molecular flexibility index (Phi) is 4.34. The second kappa shape index (κ2) is 7.03. The van der Waals surface area contributed by atoms with Crippen LogP contribution in [-0.4, -0.2) is 46.3 Å². The molecule has 1 atom stereocenters. The second-order valence-electron chi connectivity index (χ2n) is 8.28. The van der Waals surface area contributed by atoms with Gasteiger partial charge in [0.15, 0.2) is 0 Å². The summed E-state index contributed by atoms with van der Waals surface area (Å²) in [6.07, 6.45) is 6.64. The number of amides is 2. The highest BCUT2D eigenvalue weighted by atomic mass is 16.2. The normalized spacial score (nSPS) is 20.0. The van der Waals surface area contributed by atoms with Crippen molar-refractivity contribution < 1.29 is 9.59 Å². The van der Waals surface area contributed by atoms with Gasteiger partial charge in [-0.25, -0.2) is 0 Å². The highest BCUT2D eigenvalue weighted by Crippen LogP contribution is 2.59. The molecule has 2 aliphatic rings. The van der Waals surface area contributed by atoms with Crippen LogP contribution in [0.25, 0.3) is 10.9 Å². The van der Waals surface area contributed by atoms with Crippen LogP contribution in [0.4, 0.5) is 0 Å². The van der Waals surface area contributed by atoms with E-state index in [1.54, 1.807) is 12.4 Å². The van der Waals surface area contributed by atoms with E-state index in [1.165, 1.54) is 0 Å². The highest BCUT2D eigenvalue weighted by Gasteiger charge is 2.54. The fourth-order valence-electron chi connectivity index (χ4n) is 4.66. The van der Waals surface area contributed by atoms with E-state index in [0.717, 1.165) is 48.8 Å². The van der Waals surface area contributed by atoms with Gasteiger partial charge in [-0.05, 0) is 54.9 Å². The van der Waals surface area contributed by atoms with Crippen LogP contribution in [0.3, 0.4) is 0 Å². The first kappa shape index (κ1) is 17.9. The smallest absolute Gasteiger partial charge is 0.267 e. The molecule has 0 bridgehead atoms. The topological polar surface area (TPSA) is 78.1 Å². The van der Waals surface area contributed by atoms with Gasteiger partial charge in [0.25, 0.3) is 11.8 Å². The van der Waals surface area contributed by atoms with Crippen molar-refractivity contribution in [1.82, 2.24) is 20.2 Å². The summed E-state index contributed by atoms with van der Waals surface area (Å²) >= 11 is 0. The summed E-state index contributed by atoms with van der Waals surface area (Å²) in [5, 5.41) is 4.02. The van der Waals surface area contributed by atoms with E-state index in [-0.39, 0.29) is 11.8 Å². The van der Waals surface area contributed by atoms with Gasteiger partial charge in [-0.15, -0.1) is 0 Å². The molecule has 1 aliphatic carbocycles. The van der Waals surface area contributed by atoms with E-state index in [9.17, 15) is 9.59 Å². The van der Waals surface area contributed by atoms with Gasteiger partial charge in [-0.3, -0.25) is 14.6 Å². The fraction of sp³-hybridized carbons (Fsp3) is 0.348. The molecule has 5 rings (SSSR count). The molecule has 1 saturated carbocycles. The summed E-state index contributed by atoms with van der Waals surface area (Å²) in [7, 11) is 0. The molecular formula is C23H24N4O2. The number of likely N-dealkylation sites (tertiary alicyclic amines) is 1. The molecule has 1 saturated heterocycles. The Labute approximate surface area is 169 Å². The van der Waals surface area contributed by atoms with Gasteiger partial charge < -0.3 is 15.2 Å². The van der Waals surface area contributed by atoms with Crippen LogP contribution in [0.15, 0.2) is 54.9 Å². The Hall–Kier alpha value is -3.15. The molecule has 2 N–H and O–H groups in total. The molecule has 2 fully saturated rings. The lowest BCUT2D eigenvalue weighted by Crippen LogP contribution is -2.40. The summed E-state index contributed by atoms with van der Waals surface area (Å²) in [6, 6.07) is 13.2. The molecule has 1 spiro atoms. The number of benzene rings is 1. The van der Waals surface area contributed by atoms with Crippen LogP contribution in [0.2, 0.25) is 0 Å². The number of piperidine rings is 1. The maximum absolute atomic E-state index is 12.6. The number of H-pyrrole nitrogens is 1. The van der Waals surface area contributed by atoms with Gasteiger partial charge in [-0.2, -0.15) is 0 Å². The number of carbonyl (C=O) groups is 2. The number of aromatic amines is 1. The summed E-state index contributed by atoms with van der Waals surface area (Å²) in [6.45, 7) is 2.29. The lowest BCUT2D eigenvalue weighted by atomic mass is 9.90. The highest BCUT2D eigenvalue weighted by molar-refractivity contribution is 5.97. The molecule has 0 unspecified atom stereocenters. The number of hydrogen-bond donors (Lipinski definition) is 2. The predicted octanol–water partition coefficient (Wildman–Crippen LogP) is 3.24. The lowest BCUT2D eigenvalue weighted by Gasteiger charge is -2.33. The quantitative estimate of drug-likeness (QED) is 0.720. The molecule has 29 heavy (non-hydrogen) atoms. The molecular weight excluding hydrogens is 364 g/mol. The molecule has 3 heterocycles. The van der Waals surface area contributed by atoms with E-state index in [4.69, 9.17) is 0 Å². The lowest BCUT2D eigenvalue weighted by molar-refractivity contribution is 0.0669. The van der Waals surface area contributed by atoms with Crippen LogP contribution in [0.5, 0.6) is 0 Å². The molecule has 3 aromatic rings. The number of rotatable bonds is 4. The van der Waals surface area contributed by atoms with E-state index in [2.05, 4.69) is 15.3 Å². The van der Waals surface area contributed by atoms with Crippen LogP contribution >= 0.6 is 0 Å². The minimum atomic E-state index is -0.0695. The van der Waals surface area contributed by atoms with Crippen molar-refractivity contribution in [3.63, 3.8) is 0 Å². The molecule has 1 aromatic carbocycles. The standard InChI is InChI=1S/C23H24N4O2/c28-21(20-12-17-14-24-9-6-19(17)26-20)25-15-18-13-23(18)7-10-27(11-8-23)22(29)16-4-2-1-3-5-16/h1-6,9,12,14,18,26H,7-8,10-11,13,15H2,(H,25,28)/t18-/m0/s1. The van der Waals surface area contributed by atoms with Crippen LogP contribution < -0.4 is 5.32 Å². The van der Waals surface area contributed by atoms with Crippen molar-refractivity contribution in [3.05, 3.63) is 66.1 Å². The molecule has 2 aromatic heterocycles. The van der Waals surface area contributed by atoms with Crippen molar-refractivity contribution >= 4 is 22.7 Å². The summed E-state index contributed by atoms with van der Waals surface area (Å²) in [5.74, 6) is 0.561. The average molecular weight is 388 g/mol. The monoisotopic (exact) mass is 388 g/mol. The maximum Gasteiger partial charge on any atom is 0.267 e. The van der Waals surface area contributed by atoms with Gasteiger partial charge in [0.05, 0.1) is 0 Å². The Morgan fingerprint density at radius 2 is 1.97 bits per heavy atom. The third kappa shape index (κ3) is 3.39. The summed E-state index contributed by atoms with van der Waals surface area (Å²) in [5.41, 5.74) is 2.55. The fourth-order valence-corrected chi connectivity index (χ4v) is 4.66. The van der Waals surface area contributed by atoms with E-state index < -0.39 is 0 Å². The summed E-state index contributed by atoms with van der Waals surface area (Å²) < 4.78 is 0. The second-order valence-corrected chi connectivity index (χ2v) is 8.28. The minimum Gasteiger partial charge on any atom is -0.350 e. The molecule has 6 heteroatoms. The number of nitrogens with zero attached hydrogens (tertiary/aromatic N) is 2.